The average Bonchev–Trinajstić information content (AvgIpc) is 2.80. The predicted molar refractivity (Wildman–Crippen MR) is 70.2 cm³/mol. The Morgan fingerprint density at radius 3 is 2.89 bits per heavy atom. The molecule has 1 aromatic heterocycles. The van der Waals surface area contributed by atoms with E-state index >= 15 is 0 Å². The molecule has 2 N–H and O–H groups in total. The quantitative estimate of drug-likeness (QED) is 0.747. The van der Waals surface area contributed by atoms with Crippen LogP contribution in [0.4, 0.5) is 11.6 Å². The summed E-state index contributed by atoms with van der Waals surface area (Å²) in [6, 6.07) is 3.85. The monoisotopic (exact) mass is 246 g/mol. The van der Waals surface area contributed by atoms with E-state index in [1.54, 1.807) is 0 Å². The highest BCUT2D eigenvalue weighted by Crippen LogP contribution is 2.15. The van der Waals surface area contributed by atoms with Gasteiger partial charge in [-0.15, -0.1) is 0 Å². The summed E-state index contributed by atoms with van der Waals surface area (Å²) in [5, 5.41) is 14.7. The van der Waals surface area contributed by atoms with Gasteiger partial charge in [-0.25, -0.2) is 9.97 Å². The molecule has 1 saturated heterocycles. The second kappa shape index (κ2) is 6.17. The molecule has 1 aliphatic rings. The van der Waals surface area contributed by atoms with Crippen molar-refractivity contribution in [3.63, 3.8) is 0 Å². The van der Waals surface area contributed by atoms with Gasteiger partial charge in [-0.1, -0.05) is 0 Å². The molecular weight excluding hydrogens is 228 g/mol. The highest BCUT2D eigenvalue weighted by molar-refractivity contribution is 5.46. The van der Waals surface area contributed by atoms with Gasteiger partial charge in [0.05, 0.1) is 6.07 Å². The van der Waals surface area contributed by atoms with Crippen molar-refractivity contribution in [3.05, 3.63) is 12.4 Å². The largest absolute Gasteiger partial charge is 0.370 e. The Bertz CT molecular complexity index is 427. The Balaban J connectivity index is 1.83. The lowest BCUT2D eigenvalue weighted by Gasteiger charge is -2.12. The van der Waals surface area contributed by atoms with Crippen LogP contribution in [0, 0.1) is 17.2 Å². The van der Waals surface area contributed by atoms with Gasteiger partial charge in [0.25, 0.3) is 0 Å². The highest BCUT2D eigenvalue weighted by atomic mass is 15.1. The Morgan fingerprint density at radius 2 is 2.22 bits per heavy atom. The first-order valence-corrected chi connectivity index (χ1v) is 6.13. The molecule has 1 atom stereocenters. The minimum Gasteiger partial charge on any atom is -0.370 e. The fourth-order valence-corrected chi connectivity index (χ4v) is 2.12. The molecule has 0 bridgehead atoms. The summed E-state index contributed by atoms with van der Waals surface area (Å²) in [5.41, 5.74) is 0. The number of nitrogens with one attached hydrogen (secondary N) is 2. The molecule has 6 nitrogen and oxygen atoms in total. The Labute approximate surface area is 107 Å². The van der Waals surface area contributed by atoms with E-state index in [4.69, 9.17) is 5.26 Å². The molecule has 1 aliphatic heterocycles. The molecule has 0 saturated carbocycles. The lowest BCUT2D eigenvalue weighted by Crippen LogP contribution is -2.19. The summed E-state index contributed by atoms with van der Waals surface area (Å²) >= 11 is 0. The zero-order chi connectivity index (χ0) is 12.8. The summed E-state index contributed by atoms with van der Waals surface area (Å²) in [6.07, 6.45) is 2.73. The third-order valence-corrected chi connectivity index (χ3v) is 3.08. The number of aromatic nitrogens is 2. The van der Waals surface area contributed by atoms with E-state index in [0.29, 0.717) is 11.7 Å². The third-order valence-electron chi connectivity index (χ3n) is 3.08. The van der Waals surface area contributed by atoms with E-state index in [2.05, 4.69) is 32.5 Å². The molecule has 2 heterocycles. The molecule has 18 heavy (non-hydrogen) atoms. The van der Waals surface area contributed by atoms with Gasteiger partial charge >= 0.3 is 0 Å². The zero-order valence-electron chi connectivity index (χ0n) is 10.6. The zero-order valence-corrected chi connectivity index (χ0v) is 10.6. The number of hydrogen-bond acceptors (Lipinski definition) is 6. The maximum absolute atomic E-state index is 8.49. The number of anilines is 2. The molecule has 0 aliphatic carbocycles. The standard InChI is InChI=1S/C12H18N6/c1-18-5-2-10(8-18)7-15-12-6-11(14-4-3-13)16-9-17-12/h6,9-10H,2,4-5,7-8H2,1H3,(H2,14,15,16,17). The maximum atomic E-state index is 8.49. The van der Waals surface area contributed by atoms with Crippen molar-refractivity contribution in [2.45, 2.75) is 6.42 Å². The number of likely N-dealkylation sites (tertiary alicyclic amines) is 1. The lowest BCUT2D eigenvalue weighted by atomic mass is 10.1. The van der Waals surface area contributed by atoms with E-state index in [0.717, 1.165) is 18.9 Å². The molecule has 0 spiro atoms. The lowest BCUT2D eigenvalue weighted by molar-refractivity contribution is 0.399. The Hall–Kier alpha value is -1.87. The molecule has 6 heteroatoms. The van der Waals surface area contributed by atoms with E-state index in [-0.39, 0.29) is 6.54 Å². The van der Waals surface area contributed by atoms with Crippen LogP contribution in [0.15, 0.2) is 12.4 Å². The van der Waals surface area contributed by atoms with E-state index in [1.165, 1.54) is 19.3 Å². The van der Waals surface area contributed by atoms with Crippen LogP contribution >= 0.6 is 0 Å². The van der Waals surface area contributed by atoms with Crippen LogP contribution in [0.5, 0.6) is 0 Å². The summed E-state index contributed by atoms with van der Waals surface area (Å²) in [6.45, 7) is 3.49. The molecule has 0 amide bonds. The van der Waals surface area contributed by atoms with Crippen LogP contribution in [0.1, 0.15) is 6.42 Å². The van der Waals surface area contributed by atoms with Crippen molar-refractivity contribution < 1.29 is 0 Å². The molecule has 1 aromatic rings. The van der Waals surface area contributed by atoms with Gasteiger partial charge in [-0.2, -0.15) is 5.26 Å². The first kappa shape index (κ1) is 12.6. The predicted octanol–water partition coefficient (Wildman–Crippen LogP) is 0.776. The SMILES string of the molecule is CN1CCC(CNc2cc(NCC#N)ncn2)C1. The van der Waals surface area contributed by atoms with Crippen LogP contribution in [0.2, 0.25) is 0 Å². The van der Waals surface area contributed by atoms with Gasteiger partial charge in [-0.3, -0.25) is 0 Å². The van der Waals surface area contributed by atoms with Gasteiger partial charge in [0.2, 0.25) is 0 Å². The Kier molecular flexibility index (Phi) is 4.31. The molecule has 2 rings (SSSR count). The van der Waals surface area contributed by atoms with Gasteiger partial charge < -0.3 is 15.5 Å². The summed E-state index contributed by atoms with van der Waals surface area (Å²) < 4.78 is 0. The van der Waals surface area contributed by atoms with E-state index in [1.807, 2.05) is 12.1 Å². The van der Waals surface area contributed by atoms with Gasteiger partial charge in [0.1, 0.15) is 24.5 Å². The van der Waals surface area contributed by atoms with Crippen molar-refractivity contribution in [2.75, 3.05) is 43.9 Å². The molecule has 1 unspecified atom stereocenters. The van der Waals surface area contributed by atoms with Crippen molar-refractivity contribution in [2.24, 2.45) is 5.92 Å². The van der Waals surface area contributed by atoms with Gasteiger partial charge in [-0.05, 0) is 25.9 Å². The second-order valence-electron chi connectivity index (χ2n) is 4.60. The number of nitriles is 1. The number of nitrogens with zero attached hydrogens (tertiary/aromatic N) is 4. The maximum Gasteiger partial charge on any atom is 0.132 e. The van der Waals surface area contributed by atoms with Crippen molar-refractivity contribution in [1.82, 2.24) is 14.9 Å². The molecule has 96 valence electrons. The van der Waals surface area contributed by atoms with Crippen LogP contribution in [-0.2, 0) is 0 Å². The van der Waals surface area contributed by atoms with Gasteiger partial charge in [0, 0.05) is 19.2 Å². The topological polar surface area (TPSA) is 76.9 Å². The van der Waals surface area contributed by atoms with Crippen LogP contribution in [-0.4, -0.2) is 48.1 Å². The first-order chi connectivity index (χ1) is 8.78. The highest BCUT2D eigenvalue weighted by Gasteiger charge is 2.18. The third kappa shape index (κ3) is 3.57. The summed E-state index contributed by atoms with van der Waals surface area (Å²) in [4.78, 5) is 10.6. The van der Waals surface area contributed by atoms with Crippen molar-refractivity contribution >= 4 is 11.6 Å². The minimum absolute atomic E-state index is 0.254. The molecular formula is C12H18N6. The van der Waals surface area contributed by atoms with E-state index in [9.17, 15) is 0 Å². The number of rotatable bonds is 5. The molecule has 0 radical (unpaired) electrons. The smallest absolute Gasteiger partial charge is 0.132 e. The van der Waals surface area contributed by atoms with Crippen LogP contribution in [0.3, 0.4) is 0 Å². The molecule has 1 fully saturated rings. The van der Waals surface area contributed by atoms with E-state index < -0.39 is 0 Å². The van der Waals surface area contributed by atoms with Crippen LogP contribution < -0.4 is 10.6 Å². The van der Waals surface area contributed by atoms with Crippen molar-refractivity contribution in [1.29, 1.82) is 5.26 Å². The first-order valence-electron chi connectivity index (χ1n) is 6.13. The fraction of sp³-hybridized carbons (Fsp3) is 0.583. The minimum atomic E-state index is 0.254. The van der Waals surface area contributed by atoms with Crippen LogP contribution in [0.25, 0.3) is 0 Å². The summed E-state index contributed by atoms with van der Waals surface area (Å²) in [7, 11) is 2.15. The number of hydrogen-bond donors (Lipinski definition) is 2. The summed E-state index contributed by atoms with van der Waals surface area (Å²) in [5.74, 6) is 2.16. The fourth-order valence-electron chi connectivity index (χ4n) is 2.12. The van der Waals surface area contributed by atoms with Gasteiger partial charge in [0.15, 0.2) is 0 Å². The van der Waals surface area contributed by atoms with Crippen molar-refractivity contribution in [3.8, 4) is 6.07 Å². The Morgan fingerprint density at radius 1 is 1.44 bits per heavy atom. The average molecular weight is 246 g/mol. The normalized spacial score (nSPS) is 19.4. The molecule has 0 aromatic carbocycles. The second-order valence-corrected chi connectivity index (χ2v) is 4.60.